The lowest BCUT2D eigenvalue weighted by Gasteiger charge is -2.02. The van der Waals surface area contributed by atoms with Crippen molar-refractivity contribution < 1.29 is 4.79 Å². The fourth-order valence-corrected chi connectivity index (χ4v) is 2.05. The van der Waals surface area contributed by atoms with Crippen LogP contribution in [0.25, 0.3) is 0 Å². The molecule has 16 heavy (non-hydrogen) atoms. The molecule has 6 heteroatoms. The molecule has 0 radical (unpaired) electrons. The summed E-state index contributed by atoms with van der Waals surface area (Å²) in [6.07, 6.45) is 1.53. The molecule has 0 aliphatic rings. The molecule has 2 N–H and O–H groups in total. The summed E-state index contributed by atoms with van der Waals surface area (Å²) in [5.74, 6) is -0.112. The Kier molecular flexibility index (Phi) is 3.00. The van der Waals surface area contributed by atoms with Crippen molar-refractivity contribution in [3.8, 4) is 0 Å². The van der Waals surface area contributed by atoms with Crippen LogP contribution in [0.15, 0.2) is 11.7 Å². The van der Waals surface area contributed by atoms with Crippen molar-refractivity contribution in [3.05, 3.63) is 33.5 Å². The SMILES string of the molecule is Cc1ncsc1CNC(=O)c1cn[nH]c1C. The summed E-state index contributed by atoms with van der Waals surface area (Å²) in [4.78, 5) is 16.9. The average molecular weight is 236 g/mol. The second-order valence-electron chi connectivity index (χ2n) is 3.45. The molecule has 2 rings (SSSR count). The molecule has 1 amide bonds. The van der Waals surface area contributed by atoms with E-state index in [-0.39, 0.29) is 5.91 Å². The number of carbonyl (C=O) groups excluding carboxylic acids is 1. The van der Waals surface area contributed by atoms with Gasteiger partial charge in [0, 0.05) is 10.6 Å². The van der Waals surface area contributed by atoms with E-state index in [1.165, 1.54) is 6.20 Å². The number of amides is 1. The molecular weight excluding hydrogens is 224 g/mol. The zero-order valence-electron chi connectivity index (χ0n) is 9.07. The Morgan fingerprint density at radius 3 is 2.94 bits per heavy atom. The van der Waals surface area contributed by atoms with E-state index in [1.54, 1.807) is 16.8 Å². The highest BCUT2D eigenvalue weighted by molar-refractivity contribution is 7.09. The number of aromatic amines is 1. The zero-order valence-corrected chi connectivity index (χ0v) is 9.89. The number of hydrogen-bond donors (Lipinski definition) is 2. The first-order valence-electron chi connectivity index (χ1n) is 4.85. The summed E-state index contributed by atoms with van der Waals surface area (Å²) in [6.45, 7) is 4.26. The van der Waals surface area contributed by atoms with Crippen LogP contribution in [0.5, 0.6) is 0 Å². The second kappa shape index (κ2) is 4.44. The molecule has 0 aromatic carbocycles. The molecule has 5 nitrogen and oxygen atoms in total. The molecule has 0 atom stereocenters. The highest BCUT2D eigenvalue weighted by atomic mass is 32.1. The maximum absolute atomic E-state index is 11.7. The Hall–Kier alpha value is -1.69. The van der Waals surface area contributed by atoms with Gasteiger partial charge in [0.15, 0.2) is 0 Å². The molecule has 0 saturated heterocycles. The van der Waals surface area contributed by atoms with Gasteiger partial charge < -0.3 is 5.32 Å². The first-order valence-corrected chi connectivity index (χ1v) is 5.73. The van der Waals surface area contributed by atoms with Crippen LogP contribution in [-0.2, 0) is 6.54 Å². The maximum atomic E-state index is 11.7. The van der Waals surface area contributed by atoms with Crippen molar-refractivity contribution in [1.29, 1.82) is 0 Å². The lowest BCUT2D eigenvalue weighted by molar-refractivity contribution is 0.0950. The van der Waals surface area contributed by atoms with Gasteiger partial charge in [-0.2, -0.15) is 5.10 Å². The summed E-state index contributed by atoms with van der Waals surface area (Å²) in [7, 11) is 0. The minimum Gasteiger partial charge on any atom is -0.347 e. The Morgan fingerprint density at radius 2 is 2.38 bits per heavy atom. The van der Waals surface area contributed by atoms with Gasteiger partial charge in [-0.1, -0.05) is 0 Å². The van der Waals surface area contributed by atoms with Gasteiger partial charge in [-0.3, -0.25) is 9.89 Å². The van der Waals surface area contributed by atoms with E-state index in [4.69, 9.17) is 0 Å². The highest BCUT2D eigenvalue weighted by Crippen LogP contribution is 2.11. The predicted molar refractivity (Wildman–Crippen MR) is 61.3 cm³/mol. The zero-order chi connectivity index (χ0) is 11.5. The van der Waals surface area contributed by atoms with Crippen LogP contribution in [-0.4, -0.2) is 21.1 Å². The molecular formula is C10H12N4OS. The van der Waals surface area contributed by atoms with Gasteiger partial charge in [0.05, 0.1) is 29.5 Å². The third kappa shape index (κ3) is 2.11. The fourth-order valence-electron chi connectivity index (χ4n) is 1.33. The molecule has 0 bridgehead atoms. The maximum Gasteiger partial charge on any atom is 0.255 e. The Balaban J connectivity index is 1.99. The van der Waals surface area contributed by atoms with Gasteiger partial charge in [0.2, 0.25) is 0 Å². The standard InChI is InChI=1S/C10H12N4OS/c1-6-8(3-13-14-6)10(15)11-4-9-7(2)12-5-16-9/h3,5H,4H2,1-2H3,(H,11,15)(H,13,14). The van der Waals surface area contributed by atoms with Crippen molar-refractivity contribution >= 4 is 17.2 Å². The Bertz CT molecular complexity index is 502. The Morgan fingerprint density at radius 1 is 1.56 bits per heavy atom. The molecule has 0 aliphatic heterocycles. The van der Waals surface area contributed by atoms with Crippen molar-refractivity contribution in [2.75, 3.05) is 0 Å². The number of aromatic nitrogens is 3. The number of nitrogens with zero attached hydrogens (tertiary/aromatic N) is 2. The van der Waals surface area contributed by atoms with Crippen LogP contribution in [0.3, 0.4) is 0 Å². The Labute approximate surface area is 96.9 Å². The second-order valence-corrected chi connectivity index (χ2v) is 4.39. The van der Waals surface area contributed by atoms with E-state index in [0.717, 1.165) is 16.3 Å². The first kappa shape index (κ1) is 10.8. The molecule has 0 saturated carbocycles. The van der Waals surface area contributed by atoms with E-state index in [0.29, 0.717) is 12.1 Å². The molecule has 2 aromatic rings. The van der Waals surface area contributed by atoms with Crippen LogP contribution in [0.1, 0.15) is 26.6 Å². The van der Waals surface area contributed by atoms with E-state index >= 15 is 0 Å². The molecule has 0 unspecified atom stereocenters. The number of nitrogens with one attached hydrogen (secondary N) is 2. The number of carbonyl (C=O) groups is 1. The third-order valence-electron chi connectivity index (χ3n) is 2.33. The van der Waals surface area contributed by atoms with Crippen LogP contribution >= 0.6 is 11.3 Å². The highest BCUT2D eigenvalue weighted by Gasteiger charge is 2.11. The van der Waals surface area contributed by atoms with Crippen molar-refractivity contribution in [2.45, 2.75) is 20.4 Å². The number of aryl methyl sites for hydroxylation is 2. The van der Waals surface area contributed by atoms with Crippen molar-refractivity contribution in [2.24, 2.45) is 0 Å². The summed E-state index contributed by atoms with van der Waals surface area (Å²) in [5, 5.41) is 9.38. The largest absolute Gasteiger partial charge is 0.347 e. The molecule has 2 heterocycles. The lowest BCUT2D eigenvalue weighted by Crippen LogP contribution is -2.22. The molecule has 0 spiro atoms. The minimum atomic E-state index is -0.112. The monoisotopic (exact) mass is 236 g/mol. The van der Waals surface area contributed by atoms with Gasteiger partial charge in [-0.05, 0) is 13.8 Å². The summed E-state index contributed by atoms with van der Waals surface area (Å²) >= 11 is 1.54. The summed E-state index contributed by atoms with van der Waals surface area (Å²) in [5.41, 5.74) is 4.11. The van der Waals surface area contributed by atoms with Crippen LogP contribution in [0.2, 0.25) is 0 Å². The topological polar surface area (TPSA) is 70.7 Å². The average Bonchev–Trinajstić information content (AvgIpc) is 2.84. The quantitative estimate of drug-likeness (QED) is 0.846. The van der Waals surface area contributed by atoms with Crippen molar-refractivity contribution in [1.82, 2.24) is 20.5 Å². The molecule has 0 fully saturated rings. The molecule has 2 aromatic heterocycles. The van der Waals surface area contributed by atoms with E-state index < -0.39 is 0 Å². The van der Waals surface area contributed by atoms with Gasteiger partial charge >= 0.3 is 0 Å². The van der Waals surface area contributed by atoms with Crippen molar-refractivity contribution in [3.63, 3.8) is 0 Å². The molecule has 84 valence electrons. The van der Waals surface area contributed by atoms with E-state index in [2.05, 4.69) is 20.5 Å². The fraction of sp³-hybridized carbons (Fsp3) is 0.300. The molecule has 0 aliphatic carbocycles. The van der Waals surface area contributed by atoms with Crippen LogP contribution in [0.4, 0.5) is 0 Å². The van der Waals surface area contributed by atoms with Gasteiger partial charge in [0.25, 0.3) is 5.91 Å². The lowest BCUT2D eigenvalue weighted by atomic mass is 10.2. The number of H-pyrrole nitrogens is 1. The minimum absolute atomic E-state index is 0.112. The van der Waals surface area contributed by atoms with Crippen LogP contribution < -0.4 is 5.32 Å². The van der Waals surface area contributed by atoms with Gasteiger partial charge in [0.1, 0.15) is 0 Å². The normalized spacial score (nSPS) is 10.4. The summed E-state index contributed by atoms with van der Waals surface area (Å²) in [6, 6.07) is 0. The van der Waals surface area contributed by atoms with Crippen LogP contribution in [0, 0.1) is 13.8 Å². The number of rotatable bonds is 3. The van der Waals surface area contributed by atoms with E-state index in [1.807, 2.05) is 13.8 Å². The smallest absolute Gasteiger partial charge is 0.255 e. The van der Waals surface area contributed by atoms with Gasteiger partial charge in [-0.15, -0.1) is 11.3 Å². The third-order valence-corrected chi connectivity index (χ3v) is 3.26. The first-order chi connectivity index (χ1) is 7.68. The number of thiazole rings is 1. The summed E-state index contributed by atoms with van der Waals surface area (Å²) < 4.78 is 0. The number of hydrogen-bond acceptors (Lipinski definition) is 4. The van der Waals surface area contributed by atoms with Gasteiger partial charge in [-0.25, -0.2) is 4.98 Å². The predicted octanol–water partition coefficient (Wildman–Crippen LogP) is 1.41. The van der Waals surface area contributed by atoms with E-state index in [9.17, 15) is 4.79 Å².